The van der Waals surface area contributed by atoms with E-state index in [1.165, 1.54) is 5.56 Å². The van der Waals surface area contributed by atoms with Gasteiger partial charge in [0.25, 0.3) is 5.91 Å². The number of hydrogen-bond acceptors (Lipinski definition) is 4. The van der Waals surface area contributed by atoms with Crippen molar-refractivity contribution in [2.75, 3.05) is 11.9 Å². The largest absolute Gasteiger partial charge is 0.484 e. The van der Waals surface area contributed by atoms with Crippen molar-refractivity contribution in [3.63, 3.8) is 0 Å². The normalized spacial score (nSPS) is 13.5. The molecule has 0 saturated carbocycles. The van der Waals surface area contributed by atoms with Gasteiger partial charge in [0, 0.05) is 18.2 Å². The summed E-state index contributed by atoms with van der Waals surface area (Å²) in [5.41, 5.74) is 8.20. The van der Waals surface area contributed by atoms with Crippen LogP contribution in [0.4, 0.5) is 5.69 Å². The second kappa shape index (κ2) is 9.88. The topological polar surface area (TPSA) is 91.5 Å². The summed E-state index contributed by atoms with van der Waals surface area (Å²) in [6.45, 7) is 1.87. The Labute approximate surface area is 175 Å². The Morgan fingerprint density at radius 3 is 2.76 bits per heavy atom. The smallest absolute Gasteiger partial charge is 0.276 e. The van der Waals surface area contributed by atoms with E-state index in [1.54, 1.807) is 12.1 Å². The fraction of sp³-hybridized carbons (Fsp3) is 0.286. The molecule has 0 aliphatic carbocycles. The molecule has 4 N–H and O–H groups in total. The molecule has 7 nitrogen and oxygen atoms in total. The SMILES string of the molecule is CC(Cc1ccccc1)NC(=S)NNC(=O)COc1ccc2c(c1)CCC(=O)N2. The minimum atomic E-state index is -0.351. The fourth-order valence-electron chi connectivity index (χ4n) is 3.04. The summed E-state index contributed by atoms with van der Waals surface area (Å²) in [7, 11) is 0. The number of benzene rings is 2. The minimum absolute atomic E-state index is 0.0132. The highest BCUT2D eigenvalue weighted by Gasteiger charge is 2.15. The number of carbonyl (C=O) groups excluding carboxylic acids is 2. The van der Waals surface area contributed by atoms with Crippen molar-refractivity contribution in [2.45, 2.75) is 32.2 Å². The Morgan fingerprint density at radius 2 is 1.97 bits per heavy atom. The van der Waals surface area contributed by atoms with Gasteiger partial charge in [-0.2, -0.15) is 0 Å². The van der Waals surface area contributed by atoms with Gasteiger partial charge in [-0.05, 0) is 61.3 Å². The second-order valence-electron chi connectivity index (χ2n) is 6.89. The first-order chi connectivity index (χ1) is 14.0. The molecule has 0 radical (unpaired) electrons. The molecule has 8 heteroatoms. The maximum atomic E-state index is 12.0. The molecule has 1 atom stereocenters. The zero-order valence-electron chi connectivity index (χ0n) is 16.2. The van der Waals surface area contributed by atoms with E-state index in [2.05, 4.69) is 33.6 Å². The summed E-state index contributed by atoms with van der Waals surface area (Å²) in [6, 6.07) is 15.6. The van der Waals surface area contributed by atoms with Gasteiger partial charge in [0.15, 0.2) is 11.7 Å². The Bertz CT molecular complexity index is 889. The summed E-state index contributed by atoms with van der Waals surface area (Å²) in [4.78, 5) is 23.4. The van der Waals surface area contributed by atoms with Crippen LogP contribution in [0.5, 0.6) is 5.75 Å². The number of hydrazine groups is 1. The van der Waals surface area contributed by atoms with Crippen molar-refractivity contribution < 1.29 is 14.3 Å². The number of nitrogens with one attached hydrogen (secondary N) is 4. The van der Waals surface area contributed by atoms with Crippen LogP contribution in [0.25, 0.3) is 0 Å². The molecular weight excluding hydrogens is 388 g/mol. The lowest BCUT2D eigenvalue weighted by Crippen LogP contribution is -2.50. The highest BCUT2D eigenvalue weighted by molar-refractivity contribution is 7.80. The van der Waals surface area contributed by atoms with Gasteiger partial charge in [0.1, 0.15) is 5.75 Å². The summed E-state index contributed by atoms with van der Waals surface area (Å²) >= 11 is 5.21. The molecule has 1 unspecified atom stereocenters. The molecule has 2 aromatic carbocycles. The van der Waals surface area contributed by atoms with Gasteiger partial charge in [-0.15, -0.1) is 0 Å². The van der Waals surface area contributed by atoms with Crippen LogP contribution >= 0.6 is 12.2 Å². The molecule has 0 bridgehead atoms. The lowest BCUT2D eigenvalue weighted by molar-refractivity contribution is -0.123. The number of fused-ring (bicyclic) bond motifs is 1. The van der Waals surface area contributed by atoms with Gasteiger partial charge in [0.2, 0.25) is 5.91 Å². The average Bonchev–Trinajstić information content (AvgIpc) is 2.71. The summed E-state index contributed by atoms with van der Waals surface area (Å²) in [5, 5.41) is 6.28. The van der Waals surface area contributed by atoms with Crippen molar-refractivity contribution >= 4 is 34.8 Å². The highest BCUT2D eigenvalue weighted by atomic mass is 32.1. The molecule has 1 aliphatic heterocycles. The van der Waals surface area contributed by atoms with Crippen molar-refractivity contribution in [3.05, 3.63) is 59.7 Å². The minimum Gasteiger partial charge on any atom is -0.484 e. The fourth-order valence-corrected chi connectivity index (χ4v) is 3.29. The third-order valence-corrected chi connectivity index (χ3v) is 4.64. The second-order valence-corrected chi connectivity index (χ2v) is 7.30. The van der Waals surface area contributed by atoms with Crippen LogP contribution in [0.1, 0.15) is 24.5 Å². The molecule has 1 aliphatic rings. The van der Waals surface area contributed by atoms with Crippen LogP contribution in [0.15, 0.2) is 48.5 Å². The maximum absolute atomic E-state index is 12.0. The van der Waals surface area contributed by atoms with Crippen LogP contribution in [0.2, 0.25) is 0 Å². The van der Waals surface area contributed by atoms with E-state index in [-0.39, 0.29) is 24.5 Å². The number of ether oxygens (including phenoxy) is 1. The predicted octanol–water partition coefficient (Wildman–Crippen LogP) is 2.08. The molecule has 0 fully saturated rings. The predicted molar refractivity (Wildman–Crippen MR) is 116 cm³/mol. The summed E-state index contributed by atoms with van der Waals surface area (Å²) in [5.74, 6) is 0.238. The first-order valence-electron chi connectivity index (χ1n) is 9.44. The first-order valence-corrected chi connectivity index (χ1v) is 9.85. The Morgan fingerprint density at radius 1 is 1.17 bits per heavy atom. The first kappa shape index (κ1) is 20.6. The third kappa shape index (κ3) is 6.46. The number of amides is 2. The number of carbonyl (C=O) groups is 2. The van der Waals surface area contributed by atoms with E-state index in [1.807, 2.05) is 31.2 Å². The van der Waals surface area contributed by atoms with E-state index >= 15 is 0 Å². The van der Waals surface area contributed by atoms with Crippen molar-refractivity contribution in [1.29, 1.82) is 0 Å². The molecular formula is C21H24N4O3S. The maximum Gasteiger partial charge on any atom is 0.276 e. The standard InChI is InChI=1S/C21H24N4O3S/c1-14(11-15-5-3-2-4-6-15)22-21(29)25-24-20(27)13-28-17-8-9-18-16(12-17)7-10-19(26)23-18/h2-6,8-9,12,14H,7,10-11,13H2,1H3,(H,23,26)(H,24,27)(H2,22,25,29). The number of anilines is 1. The molecule has 3 rings (SSSR count). The molecule has 2 aromatic rings. The molecule has 0 aromatic heterocycles. The van der Waals surface area contributed by atoms with Gasteiger partial charge in [-0.1, -0.05) is 30.3 Å². The third-order valence-electron chi connectivity index (χ3n) is 4.42. The molecule has 0 spiro atoms. The summed E-state index contributed by atoms with van der Waals surface area (Å²) < 4.78 is 5.52. The lowest BCUT2D eigenvalue weighted by Gasteiger charge is -2.18. The van der Waals surface area contributed by atoms with Gasteiger partial charge < -0.3 is 15.4 Å². The van der Waals surface area contributed by atoms with E-state index in [9.17, 15) is 9.59 Å². The van der Waals surface area contributed by atoms with Gasteiger partial charge in [0.05, 0.1) is 0 Å². The Balaban J connectivity index is 1.37. The van der Waals surface area contributed by atoms with E-state index < -0.39 is 0 Å². The zero-order chi connectivity index (χ0) is 20.6. The van der Waals surface area contributed by atoms with Gasteiger partial charge in [-0.25, -0.2) is 0 Å². The van der Waals surface area contributed by atoms with Gasteiger partial charge >= 0.3 is 0 Å². The molecule has 29 heavy (non-hydrogen) atoms. The Hall–Kier alpha value is -3.13. The number of hydrogen-bond donors (Lipinski definition) is 4. The average molecular weight is 413 g/mol. The highest BCUT2D eigenvalue weighted by Crippen LogP contribution is 2.26. The van der Waals surface area contributed by atoms with Crippen LogP contribution in [0.3, 0.4) is 0 Å². The number of thiocarbonyl (C=S) groups is 1. The van der Waals surface area contributed by atoms with Crippen molar-refractivity contribution in [2.24, 2.45) is 0 Å². The van der Waals surface area contributed by atoms with Crippen LogP contribution < -0.4 is 26.2 Å². The summed E-state index contributed by atoms with van der Waals surface area (Å²) in [6.07, 6.45) is 1.93. The molecule has 1 heterocycles. The van der Waals surface area contributed by atoms with Crippen molar-refractivity contribution in [3.8, 4) is 5.75 Å². The molecule has 2 amide bonds. The van der Waals surface area contributed by atoms with Crippen molar-refractivity contribution in [1.82, 2.24) is 16.2 Å². The van der Waals surface area contributed by atoms with Crippen LogP contribution in [-0.2, 0) is 22.4 Å². The van der Waals surface area contributed by atoms with E-state index in [4.69, 9.17) is 17.0 Å². The van der Waals surface area contributed by atoms with E-state index in [0.717, 1.165) is 17.7 Å². The monoisotopic (exact) mass is 412 g/mol. The zero-order valence-corrected chi connectivity index (χ0v) is 17.0. The number of rotatable bonds is 6. The van der Waals surface area contributed by atoms with E-state index in [0.29, 0.717) is 23.7 Å². The Kier molecular flexibility index (Phi) is 7.02. The molecule has 152 valence electrons. The quantitative estimate of drug-likeness (QED) is 0.429. The van der Waals surface area contributed by atoms with Crippen LogP contribution in [0, 0.1) is 0 Å². The molecule has 0 saturated heterocycles. The van der Waals surface area contributed by atoms with Crippen LogP contribution in [-0.4, -0.2) is 29.6 Å². The lowest BCUT2D eigenvalue weighted by atomic mass is 10.0. The van der Waals surface area contributed by atoms with Gasteiger partial charge in [-0.3, -0.25) is 20.4 Å². The number of aryl methyl sites for hydroxylation is 1.